The molecular formula is C14H24N2OS. The van der Waals surface area contributed by atoms with E-state index in [9.17, 15) is 0 Å². The number of nitrogens with one attached hydrogen (secondary N) is 1. The van der Waals surface area contributed by atoms with Gasteiger partial charge in [0.25, 0.3) is 0 Å². The molecule has 0 bridgehead atoms. The summed E-state index contributed by atoms with van der Waals surface area (Å²) in [6, 6.07) is 5.52. The minimum absolute atomic E-state index is 0.582. The number of nitrogens with zero attached hydrogens (tertiary/aromatic N) is 1. The number of hydrogen-bond donors (Lipinski definition) is 1. The fraction of sp³-hybridized carbons (Fsp3) is 0.714. The van der Waals surface area contributed by atoms with E-state index in [0.717, 1.165) is 36.4 Å². The van der Waals surface area contributed by atoms with Gasteiger partial charge in [0.2, 0.25) is 0 Å². The Hall–Kier alpha value is -0.450. The molecule has 0 radical (unpaired) electrons. The smallest absolute Gasteiger partial charge is 0.118 e. The van der Waals surface area contributed by atoms with Crippen LogP contribution in [0.5, 0.6) is 0 Å². The maximum absolute atomic E-state index is 5.85. The molecule has 1 unspecified atom stereocenters. The molecule has 4 heteroatoms. The highest BCUT2D eigenvalue weighted by molar-refractivity contribution is 7.98. The Kier molecular flexibility index (Phi) is 5.15. The molecule has 1 aliphatic rings. The largest absolute Gasteiger partial charge is 0.463 e. The zero-order valence-electron chi connectivity index (χ0n) is 11.6. The van der Waals surface area contributed by atoms with E-state index in [0.29, 0.717) is 6.04 Å². The average Bonchev–Trinajstić information content (AvgIpc) is 3.08. The summed E-state index contributed by atoms with van der Waals surface area (Å²) in [5.41, 5.74) is 0. The van der Waals surface area contributed by atoms with Crippen LogP contribution in [0.1, 0.15) is 31.3 Å². The van der Waals surface area contributed by atoms with Crippen LogP contribution in [0.3, 0.4) is 0 Å². The fourth-order valence-corrected chi connectivity index (χ4v) is 2.64. The summed E-state index contributed by atoms with van der Waals surface area (Å²) in [6.07, 6.45) is 4.80. The van der Waals surface area contributed by atoms with E-state index in [1.54, 1.807) is 0 Å². The van der Waals surface area contributed by atoms with Crippen LogP contribution < -0.4 is 5.32 Å². The van der Waals surface area contributed by atoms with Gasteiger partial charge in [0, 0.05) is 17.8 Å². The van der Waals surface area contributed by atoms with Crippen LogP contribution in [0, 0.1) is 0 Å². The van der Waals surface area contributed by atoms with Crippen molar-refractivity contribution >= 4 is 11.8 Å². The minimum Gasteiger partial charge on any atom is -0.463 e. The molecule has 0 spiro atoms. The molecule has 1 aromatic rings. The number of rotatable bonds is 8. The Bertz CT molecular complexity index is 362. The van der Waals surface area contributed by atoms with Gasteiger partial charge >= 0.3 is 0 Å². The van der Waals surface area contributed by atoms with Crippen LogP contribution in [-0.4, -0.2) is 36.0 Å². The van der Waals surface area contributed by atoms with Crippen LogP contribution in [0.2, 0.25) is 0 Å². The third kappa shape index (κ3) is 4.34. The molecule has 1 N–H and O–H groups in total. The monoisotopic (exact) mass is 268 g/mol. The first-order valence-corrected chi connectivity index (χ1v) is 8.08. The van der Waals surface area contributed by atoms with Gasteiger partial charge in [-0.1, -0.05) is 0 Å². The van der Waals surface area contributed by atoms with Gasteiger partial charge in [0.15, 0.2) is 0 Å². The standard InChI is InChI=1S/C14H24N2OS/c1-11(10-18-3)16(2)9-14-7-6-13(17-14)8-15-12-4-5-12/h6-7,11-12,15H,4-5,8-10H2,1-3H3. The molecule has 0 amide bonds. The summed E-state index contributed by atoms with van der Waals surface area (Å²) in [5, 5.41) is 3.47. The van der Waals surface area contributed by atoms with Crippen molar-refractivity contribution in [1.29, 1.82) is 0 Å². The van der Waals surface area contributed by atoms with Gasteiger partial charge in [-0.15, -0.1) is 0 Å². The summed E-state index contributed by atoms with van der Waals surface area (Å²) in [7, 11) is 2.16. The molecule has 1 aromatic heterocycles. The van der Waals surface area contributed by atoms with Gasteiger partial charge in [-0.3, -0.25) is 4.90 Å². The zero-order chi connectivity index (χ0) is 13.0. The van der Waals surface area contributed by atoms with Gasteiger partial charge in [-0.2, -0.15) is 11.8 Å². The van der Waals surface area contributed by atoms with Gasteiger partial charge in [0.05, 0.1) is 13.1 Å². The molecule has 2 rings (SSSR count). The summed E-state index contributed by atoms with van der Waals surface area (Å²) in [4.78, 5) is 2.34. The summed E-state index contributed by atoms with van der Waals surface area (Å²) < 4.78 is 5.85. The zero-order valence-corrected chi connectivity index (χ0v) is 12.4. The normalized spacial score (nSPS) is 17.3. The van der Waals surface area contributed by atoms with Crippen LogP contribution >= 0.6 is 11.8 Å². The fourth-order valence-electron chi connectivity index (χ4n) is 1.90. The Labute approximate surface area is 114 Å². The topological polar surface area (TPSA) is 28.4 Å². The Morgan fingerprint density at radius 3 is 2.83 bits per heavy atom. The van der Waals surface area contributed by atoms with Crippen molar-refractivity contribution in [2.75, 3.05) is 19.1 Å². The predicted molar refractivity (Wildman–Crippen MR) is 77.9 cm³/mol. The molecular weight excluding hydrogens is 244 g/mol. The first kappa shape index (κ1) is 14.0. The summed E-state index contributed by atoms with van der Waals surface area (Å²) in [5.74, 6) is 3.29. The molecule has 1 atom stereocenters. The highest BCUT2D eigenvalue weighted by Gasteiger charge is 2.20. The van der Waals surface area contributed by atoms with Gasteiger partial charge in [0.1, 0.15) is 11.5 Å². The van der Waals surface area contributed by atoms with Crippen molar-refractivity contribution in [2.45, 2.75) is 44.9 Å². The van der Waals surface area contributed by atoms with Crippen LogP contribution in [0.25, 0.3) is 0 Å². The number of thioether (sulfide) groups is 1. The van der Waals surface area contributed by atoms with Crippen LogP contribution in [-0.2, 0) is 13.1 Å². The second-order valence-electron chi connectivity index (χ2n) is 5.24. The maximum atomic E-state index is 5.85. The number of hydrogen-bond acceptors (Lipinski definition) is 4. The van der Waals surface area contributed by atoms with Crippen LogP contribution in [0.4, 0.5) is 0 Å². The summed E-state index contributed by atoms with van der Waals surface area (Å²) >= 11 is 1.89. The minimum atomic E-state index is 0.582. The van der Waals surface area contributed by atoms with Gasteiger partial charge in [-0.05, 0) is 45.2 Å². The van der Waals surface area contributed by atoms with Crippen molar-refractivity contribution in [2.24, 2.45) is 0 Å². The van der Waals surface area contributed by atoms with E-state index in [-0.39, 0.29) is 0 Å². The van der Waals surface area contributed by atoms with Gasteiger partial charge < -0.3 is 9.73 Å². The second-order valence-corrected chi connectivity index (χ2v) is 6.15. The van der Waals surface area contributed by atoms with Crippen molar-refractivity contribution in [3.8, 4) is 0 Å². The van der Waals surface area contributed by atoms with E-state index < -0.39 is 0 Å². The quantitative estimate of drug-likeness (QED) is 0.785. The van der Waals surface area contributed by atoms with Crippen molar-refractivity contribution in [3.63, 3.8) is 0 Å². The summed E-state index contributed by atoms with van der Waals surface area (Å²) in [6.45, 7) is 4.02. The van der Waals surface area contributed by atoms with E-state index in [1.807, 2.05) is 11.8 Å². The molecule has 1 saturated carbocycles. The molecule has 18 heavy (non-hydrogen) atoms. The van der Waals surface area contributed by atoms with E-state index in [2.05, 4.69) is 42.6 Å². The lowest BCUT2D eigenvalue weighted by Gasteiger charge is -2.22. The van der Waals surface area contributed by atoms with Crippen molar-refractivity contribution in [3.05, 3.63) is 23.7 Å². The Morgan fingerprint density at radius 2 is 2.17 bits per heavy atom. The van der Waals surface area contributed by atoms with Crippen LogP contribution in [0.15, 0.2) is 16.5 Å². The van der Waals surface area contributed by atoms with E-state index >= 15 is 0 Å². The first-order valence-electron chi connectivity index (χ1n) is 6.69. The second kappa shape index (κ2) is 6.64. The molecule has 102 valence electrons. The molecule has 0 aromatic carbocycles. The lowest BCUT2D eigenvalue weighted by atomic mass is 10.3. The maximum Gasteiger partial charge on any atom is 0.118 e. The third-order valence-corrected chi connectivity index (χ3v) is 4.24. The lowest BCUT2D eigenvalue weighted by Crippen LogP contribution is -2.30. The first-order chi connectivity index (χ1) is 8.69. The Balaban J connectivity index is 1.77. The van der Waals surface area contributed by atoms with Gasteiger partial charge in [-0.25, -0.2) is 0 Å². The van der Waals surface area contributed by atoms with E-state index in [1.165, 1.54) is 12.8 Å². The SMILES string of the molecule is CSCC(C)N(C)Cc1ccc(CNC2CC2)o1. The van der Waals surface area contributed by atoms with Crippen molar-refractivity contribution < 1.29 is 4.42 Å². The Morgan fingerprint density at radius 1 is 1.44 bits per heavy atom. The highest BCUT2D eigenvalue weighted by atomic mass is 32.2. The predicted octanol–water partition coefficient (Wildman–Crippen LogP) is 2.71. The highest BCUT2D eigenvalue weighted by Crippen LogP contribution is 2.20. The lowest BCUT2D eigenvalue weighted by molar-refractivity contribution is 0.244. The number of furan rings is 1. The average molecular weight is 268 g/mol. The third-order valence-electron chi connectivity index (χ3n) is 3.43. The molecule has 0 saturated heterocycles. The van der Waals surface area contributed by atoms with E-state index in [4.69, 9.17) is 4.42 Å². The molecule has 1 aliphatic carbocycles. The molecule has 1 fully saturated rings. The molecule has 3 nitrogen and oxygen atoms in total. The van der Waals surface area contributed by atoms with Crippen molar-refractivity contribution in [1.82, 2.24) is 10.2 Å². The molecule has 0 aliphatic heterocycles. The molecule has 1 heterocycles.